The van der Waals surface area contributed by atoms with Gasteiger partial charge in [0.05, 0.1) is 0 Å². The van der Waals surface area contributed by atoms with Crippen LogP contribution in [0.1, 0.15) is 18.4 Å². The first-order valence-electron chi connectivity index (χ1n) is 11.8. The van der Waals surface area contributed by atoms with Crippen LogP contribution < -0.4 is 4.74 Å². The van der Waals surface area contributed by atoms with Crippen molar-refractivity contribution in [3.05, 3.63) is 121 Å². The predicted molar refractivity (Wildman–Crippen MR) is 143 cm³/mol. The molecule has 0 aliphatic heterocycles. The van der Waals surface area contributed by atoms with Gasteiger partial charge in [-0.3, -0.25) is 0 Å². The molecule has 35 heavy (non-hydrogen) atoms. The molecule has 4 heteroatoms. The first-order chi connectivity index (χ1) is 17.2. The number of esters is 1. The zero-order valence-electron chi connectivity index (χ0n) is 19.2. The van der Waals surface area contributed by atoms with Gasteiger partial charge in [0, 0.05) is 46.2 Å². The number of rotatable bonds is 6. The van der Waals surface area contributed by atoms with Crippen molar-refractivity contribution in [1.29, 1.82) is 0 Å². The Morgan fingerprint density at radius 3 is 1.91 bits per heavy atom. The quantitative estimate of drug-likeness (QED) is 0.142. The number of thiophene rings is 1. The Kier molecular flexibility index (Phi) is 5.59. The smallest absolute Gasteiger partial charge is 0.345 e. The van der Waals surface area contributed by atoms with E-state index >= 15 is 0 Å². The molecule has 1 aliphatic carbocycles. The highest BCUT2D eigenvalue weighted by molar-refractivity contribution is 7.50. The van der Waals surface area contributed by atoms with E-state index in [2.05, 4.69) is 72.8 Å². The second-order valence-corrected chi connectivity index (χ2v) is 10.7. The predicted octanol–water partition coefficient (Wildman–Crippen LogP) is 7.90. The van der Waals surface area contributed by atoms with Crippen molar-refractivity contribution in [3.63, 3.8) is 0 Å². The molecule has 0 saturated carbocycles. The molecule has 4 aromatic carbocycles. The van der Waals surface area contributed by atoms with E-state index < -0.39 is 5.60 Å². The minimum absolute atomic E-state index is 0.120. The Morgan fingerprint density at radius 1 is 0.714 bits per heavy atom. The lowest BCUT2D eigenvalue weighted by atomic mass is 9.91. The standard InChI is InChI=1S/C31H25O3S/c32-30(34-31(20-8-9-21-31)23-10-2-1-3-11-23)22-33-24-16-18-25(19-17-24)35-28-14-6-4-12-26(28)27-13-5-7-15-29(27)35/h1-19H,20-22H2/q+1. The number of fused-ring (bicyclic) bond motifs is 3. The van der Waals surface area contributed by atoms with E-state index in [0.29, 0.717) is 18.6 Å². The van der Waals surface area contributed by atoms with E-state index in [1.54, 1.807) is 0 Å². The van der Waals surface area contributed by atoms with Crippen LogP contribution in [0.5, 0.6) is 5.75 Å². The fourth-order valence-electron chi connectivity index (χ4n) is 4.92. The topological polar surface area (TPSA) is 35.5 Å². The van der Waals surface area contributed by atoms with Gasteiger partial charge >= 0.3 is 5.97 Å². The summed E-state index contributed by atoms with van der Waals surface area (Å²) in [5.74, 6) is 0.301. The highest BCUT2D eigenvalue weighted by atomic mass is 32.2. The lowest BCUT2D eigenvalue weighted by molar-refractivity contribution is -0.162. The van der Waals surface area contributed by atoms with Gasteiger partial charge in [0.15, 0.2) is 20.9 Å². The summed E-state index contributed by atoms with van der Waals surface area (Å²) in [7, 11) is -0.146. The van der Waals surface area contributed by atoms with Gasteiger partial charge in [0.2, 0.25) is 0 Å². The van der Waals surface area contributed by atoms with Crippen LogP contribution in [0, 0.1) is 0 Å². The molecule has 6 rings (SSSR count). The van der Waals surface area contributed by atoms with Gasteiger partial charge in [-0.25, -0.2) is 4.79 Å². The molecule has 0 atom stereocenters. The molecule has 0 spiro atoms. The summed E-state index contributed by atoms with van der Waals surface area (Å²) >= 11 is 0. The Balaban J connectivity index is 1.19. The first kappa shape index (κ1) is 21.6. The Bertz CT molecular complexity index is 1470. The maximum Gasteiger partial charge on any atom is 0.345 e. The summed E-state index contributed by atoms with van der Waals surface area (Å²) in [6.07, 6.45) is 5.51. The molecule has 0 unspecified atom stereocenters. The van der Waals surface area contributed by atoms with Crippen LogP contribution in [-0.2, 0) is 15.1 Å². The highest BCUT2D eigenvalue weighted by Crippen LogP contribution is 2.48. The molecule has 5 aromatic rings. The molecule has 1 aromatic heterocycles. The van der Waals surface area contributed by atoms with E-state index in [-0.39, 0.29) is 23.0 Å². The highest BCUT2D eigenvalue weighted by Gasteiger charge is 2.37. The van der Waals surface area contributed by atoms with E-state index in [1.807, 2.05) is 42.5 Å². The lowest BCUT2D eigenvalue weighted by Crippen LogP contribution is -2.32. The minimum atomic E-state index is -0.629. The van der Waals surface area contributed by atoms with Crippen LogP contribution in [0.15, 0.2) is 115 Å². The minimum Gasteiger partial charge on any atom is -0.482 e. The molecule has 0 fully saturated rings. The van der Waals surface area contributed by atoms with Gasteiger partial charge < -0.3 is 9.47 Å². The lowest BCUT2D eigenvalue weighted by Gasteiger charge is -2.29. The normalized spacial score (nSPS) is 14.4. The van der Waals surface area contributed by atoms with Crippen LogP contribution in [0.3, 0.4) is 0 Å². The number of hydrogen-bond donors (Lipinski definition) is 0. The Hall–Kier alpha value is -3.89. The maximum atomic E-state index is 12.7. The third-order valence-corrected chi connectivity index (χ3v) is 8.93. The van der Waals surface area contributed by atoms with Crippen molar-refractivity contribution in [2.45, 2.75) is 18.4 Å². The summed E-state index contributed by atoms with van der Waals surface area (Å²) in [6.45, 7) is -0.120. The second-order valence-electron chi connectivity index (χ2n) is 8.77. The molecule has 0 radical (unpaired) electrons. The van der Waals surface area contributed by atoms with E-state index in [0.717, 1.165) is 5.56 Å². The number of ether oxygens (including phenoxy) is 2. The molecule has 1 heterocycles. The van der Waals surface area contributed by atoms with Crippen LogP contribution in [0.25, 0.3) is 25.1 Å². The molecular formula is C31H25O3S+. The molecular weight excluding hydrogens is 452 g/mol. The third-order valence-electron chi connectivity index (χ3n) is 6.59. The average Bonchev–Trinajstić information content (AvgIpc) is 3.52. The third kappa shape index (κ3) is 4.00. The Labute approximate surface area is 207 Å². The average molecular weight is 478 g/mol. The zero-order valence-corrected chi connectivity index (χ0v) is 20.0. The summed E-state index contributed by atoms with van der Waals surface area (Å²) in [5.41, 5.74) is 0.386. The number of hydrogen-bond acceptors (Lipinski definition) is 3. The summed E-state index contributed by atoms with van der Waals surface area (Å²) in [4.78, 5) is 14.0. The van der Waals surface area contributed by atoms with Crippen molar-refractivity contribution in [2.75, 3.05) is 6.61 Å². The number of benzene rings is 4. The van der Waals surface area contributed by atoms with Crippen molar-refractivity contribution < 1.29 is 14.3 Å². The van der Waals surface area contributed by atoms with Crippen molar-refractivity contribution in [2.24, 2.45) is 0 Å². The summed E-state index contributed by atoms with van der Waals surface area (Å²) in [5, 5.41) is 2.62. The van der Waals surface area contributed by atoms with Gasteiger partial charge in [-0.05, 0) is 42.0 Å². The van der Waals surface area contributed by atoms with Crippen molar-refractivity contribution in [3.8, 4) is 10.6 Å². The van der Waals surface area contributed by atoms with Gasteiger partial charge in [0.25, 0.3) is 0 Å². The van der Waals surface area contributed by atoms with Crippen LogP contribution in [-0.4, -0.2) is 12.6 Å². The van der Waals surface area contributed by atoms with Crippen molar-refractivity contribution in [1.82, 2.24) is 0 Å². The van der Waals surface area contributed by atoms with Crippen LogP contribution in [0.4, 0.5) is 0 Å². The molecule has 1 aliphatic rings. The van der Waals surface area contributed by atoms with Gasteiger partial charge in [0.1, 0.15) is 11.4 Å². The summed E-state index contributed by atoms with van der Waals surface area (Å²) < 4.78 is 14.5. The van der Waals surface area contributed by atoms with Crippen LogP contribution >= 0.6 is 10.5 Å². The largest absolute Gasteiger partial charge is 0.482 e. The Morgan fingerprint density at radius 2 is 1.29 bits per heavy atom. The molecule has 0 saturated heterocycles. The van der Waals surface area contributed by atoms with E-state index in [9.17, 15) is 4.79 Å². The fourth-order valence-corrected chi connectivity index (χ4v) is 7.30. The summed E-state index contributed by atoms with van der Waals surface area (Å²) in [6, 6.07) is 35.3. The molecule has 0 amide bonds. The SMILES string of the molecule is O=C(COc1ccc(-[s+]2c3ccccc3c3ccccc32)cc1)OC1(c2ccccc2)CC=CC1. The van der Waals surface area contributed by atoms with Crippen molar-refractivity contribution >= 4 is 36.6 Å². The van der Waals surface area contributed by atoms with Crippen LogP contribution in [0.2, 0.25) is 0 Å². The zero-order chi connectivity index (χ0) is 23.7. The van der Waals surface area contributed by atoms with Gasteiger partial charge in [-0.1, -0.05) is 66.7 Å². The maximum absolute atomic E-state index is 12.7. The molecule has 172 valence electrons. The monoisotopic (exact) mass is 477 g/mol. The van der Waals surface area contributed by atoms with Gasteiger partial charge in [-0.15, -0.1) is 0 Å². The number of carbonyl (C=O) groups excluding carboxylic acids is 1. The first-order valence-corrected chi connectivity index (χ1v) is 13.0. The molecule has 0 N–H and O–H groups in total. The van der Waals surface area contributed by atoms with E-state index in [4.69, 9.17) is 9.47 Å². The van der Waals surface area contributed by atoms with Gasteiger partial charge in [-0.2, -0.15) is 0 Å². The molecule has 0 bridgehead atoms. The number of carbonyl (C=O) groups is 1. The fraction of sp³-hybridized carbons (Fsp3) is 0.129. The van der Waals surface area contributed by atoms with E-state index in [1.165, 1.54) is 25.1 Å². The second kappa shape index (κ2) is 9.05. The molecule has 3 nitrogen and oxygen atoms in total.